The fraction of sp³-hybridized carbons (Fsp3) is 0.781. The molecule has 8 atom stereocenters. The van der Waals surface area contributed by atoms with Gasteiger partial charge in [0, 0.05) is 31.7 Å². The maximum atomic E-state index is 12.3. The number of hydrogen-bond acceptors (Lipinski definition) is 11. The summed E-state index contributed by atoms with van der Waals surface area (Å²) in [6, 6.07) is 9.32. The molecule has 12 nitrogen and oxygen atoms in total. The number of hydrogen-bond donors (Lipinski definition) is 4. The van der Waals surface area contributed by atoms with E-state index in [9.17, 15) is 4.79 Å². The Bertz CT molecular complexity index is 1070. The minimum Gasteiger partial charge on any atom is -0.445 e. The maximum Gasteiger partial charge on any atom is 0.407 e. The number of aliphatic hydroxyl groups is 2. The van der Waals surface area contributed by atoms with Gasteiger partial charge in [-0.2, -0.15) is 0 Å². The smallest absolute Gasteiger partial charge is 0.407 e. The number of alkyl carbamates (subject to hydrolysis) is 1. The minimum absolute atomic E-state index is 0.0105. The molecule has 2 saturated heterocycles. The summed E-state index contributed by atoms with van der Waals surface area (Å²) in [5.41, 5.74) is 7.02. The zero-order valence-electron chi connectivity index (χ0n) is 25.3. The maximum absolute atomic E-state index is 12.3. The van der Waals surface area contributed by atoms with Gasteiger partial charge < -0.3 is 54.4 Å². The Morgan fingerprint density at radius 2 is 1.32 bits per heavy atom. The van der Waals surface area contributed by atoms with Crippen molar-refractivity contribution < 1.29 is 48.2 Å². The van der Waals surface area contributed by atoms with Crippen molar-refractivity contribution in [2.45, 2.75) is 131 Å². The van der Waals surface area contributed by atoms with Crippen molar-refractivity contribution >= 4 is 6.09 Å². The molecule has 0 unspecified atom stereocenters. The molecule has 1 aromatic carbocycles. The number of nitrogens with two attached hydrogens (primary N) is 1. The van der Waals surface area contributed by atoms with Crippen molar-refractivity contribution in [3.63, 3.8) is 0 Å². The molecule has 246 valence electrons. The minimum atomic E-state index is -0.537. The van der Waals surface area contributed by atoms with Gasteiger partial charge in [0.2, 0.25) is 0 Å². The van der Waals surface area contributed by atoms with Crippen molar-refractivity contribution in [1.82, 2.24) is 5.32 Å². The average molecular weight is 621 g/mol. The normalized spacial score (nSPS) is 35.9. The van der Waals surface area contributed by atoms with Crippen LogP contribution in [0.2, 0.25) is 0 Å². The van der Waals surface area contributed by atoms with Crippen LogP contribution in [-0.2, 0) is 39.8 Å². The fourth-order valence-corrected chi connectivity index (χ4v) is 7.68. The van der Waals surface area contributed by atoms with Gasteiger partial charge in [0.15, 0.2) is 11.6 Å². The molecule has 0 aromatic heterocycles. The number of rotatable bonds is 9. The van der Waals surface area contributed by atoms with Crippen LogP contribution >= 0.6 is 0 Å². The van der Waals surface area contributed by atoms with E-state index in [0.29, 0.717) is 13.0 Å². The van der Waals surface area contributed by atoms with Crippen LogP contribution in [0.15, 0.2) is 30.3 Å². The predicted molar refractivity (Wildman–Crippen MR) is 156 cm³/mol. The van der Waals surface area contributed by atoms with E-state index in [-0.39, 0.29) is 80.9 Å². The van der Waals surface area contributed by atoms with E-state index in [2.05, 4.69) is 5.32 Å². The first kappa shape index (κ1) is 32.1. The molecule has 7 rings (SSSR count). The predicted octanol–water partition coefficient (Wildman–Crippen LogP) is 2.27. The summed E-state index contributed by atoms with van der Waals surface area (Å²) in [7, 11) is 0. The van der Waals surface area contributed by atoms with Crippen LogP contribution in [0.5, 0.6) is 0 Å². The molecule has 5 N–H and O–H groups in total. The molecule has 0 bridgehead atoms. The molecule has 2 spiro atoms. The van der Waals surface area contributed by atoms with E-state index in [1.165, 1.54) is 0 Å². The van der Waals surface area contributed by atoms with Gasteiger partial charge in [-0.25, -0.2) is 4.79 Å². The number of amides is 1. The number of fused-ring (bicyclic) bond motifs is 2. The van der Waals surface area contributed by atoms with E-state index in [1.54, 1.807) is 0 Å². The molecule has 12 heteroatoms. The lowest BCUT2D eigenvalue weighted by Crippen LogP contribution is -2.43. The Hall–Kier alpha value is -1.87. The van der Waals surface area contributed by atoms with Crippen LogP contribution in [0.3, 0.4) is 0 Å². The van der Waals surface area contributed by atoms with Crippen molar-refractivity contribution in [3.05, 3.63) is 35.9 Å². The van der Waals surface area contributed by atoms with Crippen LogP contribution in [0, 0.1) is 0 Å². The molecular weight excluding hydrogens is 572 g/mol. The Kier molecular flexibility index (Phi) is 10.4. The van der Waals surface area contributed by atoms with Gasteiger partial charge in [0.25, 0.3) is 0 Å². The van der Waals surface area contributed by atoms with Gasteiger partial charge in [0.1, 0.15) is 31.0 Å². The largest absolute Gasteiger partial charge is 0.445 e. The summed E-state index contributed by atoms with van der Waals surface area (Å²) in [6.45, 7) is 0.803. The molecule has 1 aromatic rings. The number of carbonyl (C=O) groups is 1. The highest BCUT2D eigenvalue weighted by molar-refractivity contribution is 5.67. The SMILES string of the molecule is N[C@@H]1C[C@H](OCCO)[C@H]2OC3(CCCC3)O[C@H]21.O=C(N[C@@H]1C[C@H](OCCO)[C@H]2OC3(CCCC3)O[C@H]21)OCc1ccccc1. The van der Waals surface area contributed by atoms with Crippen molar-refractivity contribution in [3.8, 4) is 0 Å². The number of ether oxygens (including phenoxy) is 7. The average Bonchev–Trinajstić information content (AvgIpc) is 3.89. The van der Waals surface area contributed by atoms with Crippen LogP contribution in [0.4, 0.5) is 4.79 Å². The van der Waals surface area contributed by atoms with Crippen LogP contribution < -0.4 is 11.1 Å². The summed E-state index contributed by atoms with van der Waals surface area (Å²) in [4.78, 5) is 12.3. The molecule has 1 amide bonds. The van der Waals surface area contributed by atoms with Crippen molar-refractivity contribution in [1.29, 1.82) is 0 Å². The molecule has 4 aliphatic carbocycles. The number of carbonyl (C=O) groups excluding carboxylic acids is 1. The van der Waals surface area contributed by atoms with Crippen LogP contribution in [0.1, 0.15) is 69.8 Å². The third-order valence-corrected chi connectivity index (χ3v) is 9.69. The Balaban J connectivity index is 0.000000173. The first-order valence-electron chi connectivity index (χ1n) is 16.3. The van der Waals surface area contributed by atoms with E-state index >= 15 is 0 Å². The zero-order valence-corrected chi connectivity index (χ0v) is 25.3. The van der Waals surface area contributed by atoms with Crippen LogP contribution in [-0.4, -0.2) is 103 Å². The molecular formula is C32H48N2O10. The van der Waals surface area contributed by atoms with E-state index < -0.39 is 11.9 Å². The molecule has 44 heavy (non-hydrogen) atoms. The van der Waals surface area contributed by atoms with E-state index in [0.717, 1.165) is 63.4 Å². The standard InChI is InChI=1S/C20H27NO6.C12H21NO4/c22-10-11-24-16-12-15(17-18(16)27-20(26-17)8-4-5-9-20)21-19(23)25-13-14-6-2-1-3-7-14;13-8-7-9(15-6-5-14)11-10(8)16-12(17-11)3-1-2-4-12/h1-3,6-7,15-18,22H,4-5,8-13H2,(H,21,23);8-11,14H,1-7,13H2/t15-,16+,17+,18-;8-,9+,10+,11-/m11/s1. The Morgan fingerprint density at radius 1 is 0.795 bits per heavy atom. The summed E-state index contributed by atoms with van der Waals surface area (Å²) >= 11 is 0. The molecule has 2 aliphatic heterocycles. The number of aliphatic hydroxyl groups excluding tert-OH is 2. The quantitative estimate of drug-likeness (QED) is 0.321. The van der Waals surface area contributed by atoms with Gasteiger partial charge in [-0.3, -0.25) is 0 Å². The topological polar surface area (TPSA) is 160 Å². The molecule has 0 radical (unpaired) electrons. The van der Waals surface area contributed by atoms with Crippen LogP contribution in [0.25, 0.3) is 0 Å². The lowest BCUT2D eigenvalue weighted by atomic mass is 10.2. The van der Waals surface area contributed by atoms with Crippen molar-refractivity contribution in [2.24, 2.45) is 5.73 Å². The molecule has 6 aliphatic rings. The van der Waals surface area contributed by atoms with E-state index in [4.69, 9.17) is 49.1 Å². The van der Waals surface area contributed by atoms with Crippen molar-refractivity contribution in [2.75, 3.05) is 26.4 Å². The number of benzene rings is 1. The summed E-state index contributed by atoms with van der Waals surface area (Å²) < 4.78 is 41.4. The Labute approximate surface area is 258 Å². The highest BCUT2D eigenvalue weighted by Gasteiger charge is 2.59. The van der Waals surface area contributed by atoms with E-state index in [1.807, 2.05) is 30.3 Å². The summed E-state index contributed by atoms with van der Waals surface area (Å²) in [5.74, 6) is -0.918. The van der Waals surface area contributed by atoms with Gasteiger partial charge >= 0.3 is 6.09 Å². The molecule has 2 heterocycles. The van der Waals surface area contributed by atoms with Gasteiger partial charge in [-0.15, -0.1) is 0 Å². The van der Waals surface area contributed by atoms with Gasteiger partial charge in [-0.1, -0.05) is 30.3 Å². The summed E-state index contributed by atoms with van der Waals surface area (Å²) in [6.07, 6.45) is 8.25. The molecule has 4 saturated carbocycles. The molecule has 6 fully saturated rings. The Morgan fingerprint density at radius 3 is 1.91 bits per heavy atom. The number of nitrogens with one attached hydrogen (secondary N) is 1. The second-order valence-electron chi connectivity index (χ2n) is 12.8. The first-order valence-corrected chi connectivity index (χ1v) is 16.3. The summed E-state index contributed by atoms with van der Waals surface area (Å²) in [5, 5.41) is 20.8. The van der Waals surface area contributed by atoms with Gasteiger partial charge in [0.05, 0.1) is 44.7 Å². The zero-order chi connectivity index (χ0) is 30.6. The third-order valence-electron chi connectivity index (χ3n) is 9.69. The monoisotopic (exact) mass is 620 g/mol. The first-order chi connectivity index (χ1) is 21.4. The lowest BCUT2D eigenvalue weighted by molar-refractivity contribution is -0.188. The fourth-order valence-electron chi connectivity index (χ4n) is 7.68. The third kappa shape index (κ3) is 7.08. The lowest BCUT2D eigenvalue weighted by Gasteiger charge is -2.26. The van der Waals surface area contributed by atoms with Gasteiger partial charge in [-0.05, 0) is 44.1 Å². The second kappa shape index (κ2) is 14.3. The highest BCUT2D eigenvalue weighted by atomic mass is 16.8. The highest BCUT2D eigenvalue weighted by Crippen LogP contribution is 2.48. The second-order valence-corrected chi connectivity index (χ2v) is 12.8.